The first kappa shape index (κ1) is 9.42. The average molecular weight is 183 g/mol. The zero-order valence-corrected chi connectivity index (χ0v) is 8.20. The van der Waals surface area contributed by atoms with Crippen LogP contribution in [0.1, 0.15) is 15.3 Å². The number of thiophene rings is 1. The first-order chi connectivity index (χ1) is 5.63. The van der Waals surface area contributed by atoms with E-state index >= 15 is 0 Å². The van der Waals surface area contributed by atoms with Gasteiger partial charge in [0.2, 0.25) is 0 Å². The van der Waals surface area contributed by atoms with Crippen LogP contribution in [0, 0.1) is 13.8 Å². The molecule has 0 fully saturated rings. The number of aryl methyl sites for hydroxylation is 2. The van der Waals surface area contributed by atoms with Crippen LogP contribution in [0.3, 0.4) is 0 Å². The smallest absolute Gasteiger partial charge is 0.150 e. The van der Waals surface area contributed by atoms with Crippen LogP contribution >= 0.6 is 11.3 Å². The molecule has 0 bridgehead atoms. The van der Waals surface area contributed by atoms with E-state index in [1.165, 1.54) is 9.75 Å². The lowest BCUT2D eigenvalue weighted by molar-refractivity contribution is -0.117. The molecule has 12 heavy (non-hydrogen) atoms. The molecule has 2 N–H and O–H groups in total. The summed E-state index contributed by atoms with van der Waals surface area (Å²) in [6.45, 7) is 4.24. The monoisotopic (exact) mass is 183 g/mol. The molecule has 0 saturated carbocycles. The van der Waals surface area contributed by atoms with Gasteiger partial charge in [-0.3, -0.25) is 4.79 Å². The van der Waals surface area contributed by atoms with Crippen molar-refractivity contribution in [1.29, 1.82) is 0 Å². The average Bonchev–Trinajstić information content (AvgIpc) is 2.30. The van der Waals surface area contributed by atoms with Gasteiger partial charge in [-0.15, -0.1) is 11.3 Å². The first-order valence-electron chi connectivity index (χ1n) is 3.91. The van der Waals surface area contributed by atoms with Gasteiger partial charge in [-0.25, -0.2) is 0 Å². The molecule has 0 aliphatic carbocycles. The SMILES string of the molecule is Cc1cc(CC(=O)CN)c(C)s1. The molecule has 0 aliphatic rings. The molecular weight excluding hydrogens is 170 g/mol. The molecule has 1 aromatic rings. The summed E-state index contributed by atoms with van der Waals surface area (Å²) >= 11 is 1.73. The van der Waals surface area contributed by atoms with Gasteiger partial charge in [0.25, 0.3) is 0 Å². The van der Waals surface area contributed by atoms with Crippen molar-refractivity contribution in [2.75, 3.05) is 6.54 Å². The van der Waals surface area contributed by atoms with Crippen LogP contribution in [-0.4, -0.2) is 12.3 Å². The molecule has 0 aliphatic heterocycles. The number of rotatable bonds is 3. The summed E-state index contributed by atoms with van der Waals surface area (Å²) < 4.78 is 0. The van der Waals surface area contributed by atoms with E-state index in [0.29, 0.717) is 6.42 Å². The van der Waals surface area contributed by atoms with Crippen LogP contribution in [-0.2, 0) is 11.2 Å². The number of hydrogen-bond acceptors (Lipinski definition) is 3. The molecule has 1 aromatic heterocycles. The van der Waals surface area contributed by atoms with E-state index in [9.17, 15) is 4.79 Å². The number of ketones is 1. The third-order valence-corrected chi connectivity index (χ3v) is 2.77. The summed E-state index contributed by atoms with van der Waals surface area (Å²) in [5.74, 6) is 0.107. The highest BCUT2D eigenvalue weighted by Crippen LogP contribution is 2.20. The largest absolute Gasteiger partial charge is 0.324 e. The van der Waals surface area contributed by atoms with Gasteiger partial charge in [0.1, 0.15) is 0 Å². The van der Waals surface area contributed by atoms with Crippen molar-refractivity contribution in [1.82, 2.24) is 0 Å². The molecule has 2 nitrogen and oxygen atoms in total. The Hall–Kier alpha value is -0.670. The third-order valence-electron chi connectivity index (χ3n) is 1.76. The Labute approximate surface area is 76.4 Å². The van der Waals surface area contributed by atoms with E-state index < -0.39 is 0 Å². The normalized spacial score (nSPS) is 10.2. The predicted molar refractivity (Wildman–Crippen MR) is 51.6 cm³/mol. The quantitative estimate of drug-likeness (QED) is 0.770. The van der Waals surface area contributed by atoms with E-state index in [0.717, 1.165) is 5.56 Å². The Morgan fingerprint density at radius 1 is 1.58 bits per heavy atom. The second-order valence-electron chi connectivity index (χ2n) is 2.86. The van der Waals surface area contributed by atoms with Gasteiger partial charge in [0.15, 0.2) is 5.78 Å². The molecule has 0 aromatic carbocycles. The highest BCUT2D eigenvalue weighted by molar-refractivity contribution is 7.12. The maximum atomic E-state index is 11.0. The minimum atomic E-state index is 0.107. The predicted octanol–water partition coefficient (Wildman–Crippen LogP) is 1.44. The Bertz CT molecular complexity index is 291. The van der Waals surface area contributed by atoms with E-state index in [1.54, 1.807) is 11.3 Å². The molecule has 1 rings (SSSR count). The second-order valence-corrected chi connectivity index (χ2v) is 4.32. The van der Waals surface area contributed by atoms with Gasteiger partial charge >= 0.3 is 0 Å². The molecule has 0 saturated heterocycles. The van der Waals surface area contributed by atoms with E-state index in [-0.39, 0.29) is 12.3 Å². The molecule has 1 heterocycles. The molecule has 0 atom stereocenters. The third kappa shape index (κ3) is 2.16. The maximum Gasteiger partial charge on any atom is 0.150 e. The summed E-state index contributed by atoms with van der Waals surface area (Å²) in [7, 11) is 0. The number of Topliss-reactive ketones (excluding diaryl/α,β-unsaturated/α-hetero) is 1. The number of nitrogens with two attached hydrogens (primary N) is 1. The second kappa shape index (κ2) is 3.83. The van der Waals surface area contributed by atoms with Crippen LogP contribution in [0.25, 0.3) is 0 Å². The van der Waals surface area contributed by atoms with Crippen LogP contribution in [0.2, 0.25) is 0 Å². The van der Waals surface area contributed by atoms with Gasteiger partial charge in [-0.05, 0) is 25.5 Å². The Kier molecular flexibility index (Phi) is 3.00. The summed E-state index contributed by atoms with van der Waals surface area (Å²) in [6.07, 6.45) is 0.493. The van der Waals surface area contributed by atoms with Crippen LogP contribution in [0.4, 0.5) is 0 Å². The molecule has 0 amide bonds. The summed E-state index contributed by atoms with van der Waals surface area (Å²) in [6, 6.07) is 2.06. The lowest BCUT2D eigenvalue weighted by Gasteiger charge is -1.95. The van der Waals surface area contributed by atoms with Crippen molar-refractivity contribution in [3.63, 3.8) is 0 Å². The van der Waals surface area contributed by atoms with Crippen LogP contribution < -0.4 is 5.73 Å². The van der Waals surface area contributed by atoms with Crippen molar-refractivity contribution in [2.24, 2.45) is 5.73 Å². The van der Waals surface area contributed by atoms with E-state index in [2.05, 4.69) is 6.07 Å². The van der Waals surface area contributed by atoms with Gasteiger partial charge in [-0.1, -0.05) is 0 Å². The number of carbonyl (C=O) groups excluding carboxylic acids is 1. The first-order valence-corrected chi connectivity index (χ1v) is 4.73. The molecule has 0 radical (unpaired) electrons. The highest BCUT2D eigenvalue weighted by Gasteiger charge is 2.06. The summed E-state index contributed by atoms with van der Waals surface area (Å²) in [4.78, 5) is 13.5. The van der Waals surface area contributed by atoms with Crippen molar-refractivity contribution < 1.29 is 4.79 Å². The van der Waals surface area contributed by atoms with Crippen molar-refractivity contribution in [2.45, 2.75) is 20.3 Å². The molecular formula is C9H13NOS. The Morgan fingerprint density at radius 3 is 2.67 bits per heavy atom. The lowest BCUT2D eigenvalue weighted by Crippen LogP contribution is -2.15. The Morgan fingerprint density at radius 2 is 2.25 bits per heavy atom. The molecule has 0 unspecified atom stereocenters. The van der Waals surface area contributed by atoms with Crippen LogP contribution in [0.5, 0.6) is 0 Å². The van der Waals surface area contributed by atoms with Gasteiger partial charge < -0.3 is 5.73 Å². The number of carbonyl (C=O) groups is 1. The van der Waals surface area contributed by atoms with Gasteiger partial charge in [-0.2, -0.15) is 0 Å². The summed E-state index contributed by atoms with van der Waals surface area (Å²) in [5, 5.41) is 0. The van der Waals surface area contributed by atoms with Gasteiger partial charge in [0.05, 0.1) is 6.54 Å². The zero-order chi connectivity index (χ0) is 9.14. The van der Waals surface area contributed by atoms with E-state index in [1.807, 2.05) is 13.8 Å². The van der Waals surface area contributed by atoms with Crippen LogP contribution in [0.15, 0.2) is 6.07 Å². The minimum Gasteiger partial charge on any atom is -0.324 e. The fourth-order valence-corrected chi connectivity index (χ4v) is 2.09. The standard InChI is InChI=1S/C9H13NOS/c1-6-3-8(7(2)12-6)4-9(11)5-10/h3H,4-5,10H2,1-2H3. The maximum absolute atomic E-state index is 11.0. The fraction of sp³-hybridized carbons (Fsp3) is 0.444. The van der Waals surface area contributed by atoms with Crippen molar-refractivity contribution >= 4 is 17.1 Å². The molecule has 3 heteroatoms. The van der Waals surface area contributed by atoms with Crippen molar-refractivity contribution in [3.05, 3.63) is 21.4 Å². The Balaban J connectivity index is 2.75. The molecule has 0 spiro atoms. The highest BCUT2D eigenvalue weighted by atomic mass is 32.1. The fourth-order valence-electron chi connectivity index (χ4n) is 1.14. The van der Waals surface area contributed by atoms with Crippen molar-refractivity contribution in [3.8, 4) is 0 Å². The zero-order valence-electron chi connectivity index (χ0n) is 7.39. The number of hydrogen-bond donors (Lipinski definition) is 1. The topological polar surface area (TPSA) is 43.1 Å². The molecule has 66 valence electrons. The van der Waals surface area contributed by atoms with E-state index in [4.69, 9.17) is 5.73 Å². The summed E-state index contributed by atoms with van der Waals surface area (Å²) in [5.41, 5.74) is 6.36. The van der Waals surface area contributed by atoms with Gasteiger partial charge in [0, 0.05) is 16.2 Å². The minimum absolute atomic E-state index is 0.107. The lowest BCUT2D eigenvalue weighted by atomic mass is 10.1.